The van der Waals surface area contributed by atoms with Crippen LogP contribution in [0.15, 0.2) is 77.2 Å². The minimum absolute atomic E-state index is 0.266. The van der Waals surface area contributed by atoms with E-state index in [-0.39, 0.29) is 10.5 Å². The van der Waals surface area contributed by atoms with E-state index in [4.69, 9.17) is 0 Å². The van der Waals surface area contributed by atoms with Crippen LogP contribution in [0.5, 0.6) is 0 Å². The summed E-state index contributed by atoms with van der Waals surface area (Å²) in [7, 11) is 0.266. The van der Waals surface area contributed by atoms with Crippen molar-refractivity contribution in [1.82, 2.24) is 0 Å². The van der Waals surface area contributed by atoms with E-state index in [0.717, 1.165) is 12.3 Å². The Morgan fingerprint density at radius 1 is 1.06 bits per heavy atom. The van der Waals surface area contributed by atoms with E-state index in [1.54, 1.807) is 0 Å². The molecule has 0 saturated heterocycles. The normalized spacial score (nSPS) is 18.4. The predicted molar refractivity (Wildman–Crippen MR) is 151 cm³/mol. The molecule has 1 aliphatic carbocycles. The fourth-order valence-electron chi connectivity index (χ4n) is 4.29. The smallest absolute Gasteiger partial charge is 0.0445 e. The Balaban J connectivity index is 1.79. The molecule has 0 heterocycles. The molecule has 166 valence electrons. The number of hydrogen-bond acceptors (Lipinski definition) is 0. The van der Waals surface area contributed by atoms with Crippen LogP contribution in [0.3, 0.4) is 0 Å². The molecule has 0 aromatic heterocycles. The molecule has 0 spiro atoms. The van der Waals surface area contributed by atoms with Crippen LogP contribution < -0.4 is 0 Å². The van der Waals surface area contributed by atoms with Crippen LogP contribution >= 0.6 is 33.1 Å². The van der Waals surface area contributed by atoms with Crippen molar-refractivity contribution in [3.05, 3.63) is 83.4 Å². The van der Waals surface area contributed by atoms with Gasteiger partial charge in [0.25, 0.3) is 0 Å². The highest BCUT2D eigenvalue weighted by atomic mass is 127. The standard InChI is InChI=1S/C29H37IS/c1-4-23(3)11-9-10-12-24-19-27(25-13-7-6-8-14-25)21-28(20-24)26-15-17-29(18-16-26)31(5-2)22-30/h5-8,13-20,23,28H,4,9-12,21-22H2,1-3H3. The largest absolute Gasteiger partial charge is 0.149 e. The van der Waals surface area contributed by atoms with Crippen molar-refractivity contribution in [2.45, 2.75) is 70.1 Å². The summed E-state index contributed by atoms with van der Waals surface area (Å²) in [6, 6.07) is 20.4. The van der Waals surface area contributed by atoms with E-state index < -0.39 is 0 Å². The Morgan fingerprint density at radius 3 is 2.45 bits per heavy atom. The third kappa shape index (κ3) is 7.18. The van der Waals surface area contributed by atoms with Gasteiger partial charge in [-0.25, -0.2) is 0 Å². The van der Waals surface area contributed by atoms with E-state index in [0.29, 0.717) is 5.92 Å². The van der Waals surface area contributed by atoms with Crippen LogP contribution in [0.25, 0.3) is 5.57 Å². The van der Waals surface area contributed by atoms with Gasteiger partial charge in [0, 0.05) is 14.6 Å². The molecule has 0 bridgehead atoms. The van der Waals surface area contributed by atoms with Crippen molar-refractivity contribution in [3.8, 4) is 0 Å². The SMILES string of the molecule is CC=S(CI)c1ccc(C2C=C(CCCCC(C)CC)C=C(c3ccccc3)C2)cc1. The summed E-state index contributed by atoms with van der Waals surface area (Å²) in [5.74, 6) is 1.33. The zero-order chi connectivity index (χ0) is 22.1. The van der Waals surface area contributed by atoms with Gasteiger partial charge >= 0.3 is 0 Å². The summed E-state index contributed by atoms with van der Waals surface area (Å²) in [6.07, 6.45) is 12.6. The fourth-order valence-corrected chi connectivity index (χ4v) is 7.45. The van der Waals surface area contributed by atoms with Gasteiger partial charge in [0.15, 0.2) is 0 Å². The molecule has 31 heavy (non-hydrogen) atoms. The lowest BCUT2D eigenvalue weighted by Gasteiger charge is -2.23. The number of alkyl halides is 1. The number of benzene rings is 2. The van der Waals surface area contributed by atoms with Gasteiger partial charge in [-0.1, -0.05) is 121 Å². The van der Waals surface area contributed by atoms with Gasteiger partial charge in [-0.15, -0.1) is 10.5 Å². The number of rotatable bonds is 10. The zero-order valence-electron chi connectivity index (χ0n) is 19.3. The first-order valence-electron chi connectivity index (χ1n) is 11.8. The van der Waals surface area contributed by atoms with Crippen molar-refractivity contribution in [1.29, 1.82) is 0 Å². The molecule has 0 nitrogen and oxygen atoms in total. The van der Waals surface area contributed by atoms with E-state index in [1.165, 1.54) is 63.0 Å². The number of hydrogen-bond donors (Lipinski definition) is 0. The van der Waals surface area contributed by atoms with Crippen LogP contribution in [-0.4, -0.2) is 9.13 Å². The van der Waals surface area contributed by atoms with Gasteiger partial charge in [-0.3, -0.25) is 0 Å². The quantitative estimate of drug-likeness (QED) is 0.121. The zero-order valence-corrected chi connectivity index (χ0v) is 22.3. The molecule has 2 aromatic rings. The topological polar surface area (TPSA) is 0 Å². The summed E-state index contributed by atoms with van der Waals surface area (Å²) in [5.41, 5.74) is 5.84. The second kappa shape index (κ2) is 12.8. The lowest BCUT2D eigenvalue weighted by molar-refractivity contribution is 0.484. The average Bonchev–Trinajstić information content (AvgIpc) is 2.83. The Bertz CT molecular complexity index is 906. The minimum atomic E-state index is 0.266. The Hall–Kier alpha value is -1.13. The van der Waals surface area contributed by atoms with E-state index in [1.807, 2.05) is 0 Å². The fraction of sp³-hybridized carbons (Fsp3) is 0.414. The summed E-state index contributed by atoms with van der Waals surface area (Å²) >= 11 is 2.50. The maximum Gasteiger partial charge on any atom is 0.0445 e. The van der Waals surface area contributed by atoms with Crippen LogP contribution in [0, 0.1) is 5.92 Å². The van der Waals surface area contributed by atoms with Gasteiger partial charge in [0.1, 0.15) is 0 Å². The maximum absolute atomic E-state index is 2.55. The third-order valence-corrected chi connectivity index (χ3v) is 10.2. The summed E-state index contributed by atoms with van der Waals surface area (Å²) < 4.78 is 1.17. The van der Waals surface area contributed by atoms with Gasteiger partial charge in [0.2, 0.25) is 0 Å². The van der Waals surface area contributed by atoms with Crippen LogP contribution in [0.2, 0.25) is 0 Å². The van der Waals surface area contributed by atoms with Crippen molar-refractivity contribution in [3.63, 3.8) is 0 Å². The first-order valence-corrected chi connectivity index (χ1v) is 14.7. The molecule has 3 atom stereocenters. The second-order valence-corrected chi connectivity index (χ2v) is 12.6. The number of halogens is 1. The van der Waals surface area contributed by atoms with Crippen molar-refractivity contribution < 1.29 is 0 Å². The Labute approximate surface area is 206 Å². The highest BCUT2D eigenvalue weighted by Crippen LogP contribution is 2.38. The molecule has 3 unspecified atom stereocenters. The molecule has 0 amide bonds. The first-order chi connectivity index (χ1) is 15.1. The van der Waals surface area contributed by atoms with Crippen LogP contribution in [-0.2, 0) is 0 Å². The van der Waals surface area contributed by atoms with Gasteiger partial charge < -0.3 is 0 Å². The van der Waals surface area contributed by atoms with Gasteiger partial charge in [-0.05, 0) is 60.9 Å². The predicted octanol–water partition coefficient (Wildman–Crippen LogP) is 9.63. The van der Waals surface area contributed by atoms with Gasteiger partial charge in [-0.2, -0.15) is 0 Å². The van der Waals surface area contributed by atoms with Crippen molar-refractivity contribution >= 4 is 44.0 Å². The number of allylic oxidation sites excluding steroid dienone is 4. The molecular formula is C29H37IS. The van der Waals surface area contributed by atoms with Crippen molar-refractivity contribution in [2.75, 3.05) is 3.76 Å². The molecule has 2 heteroatoms. The molecular weight excluding hydrogens is 507 g/mol. The number of unbranched alkanes of at least 4 members (excludes halogenated alkanes) is 1. The minimum Gasteiger partial charge on any atom is -0.149 e. The monoisotopic (exact) mass is 544 g/mol. The van der Waals surface area contributed by atoms with Crippen LogP contribution in [0.1, 0.15) is 76.3 Å². The van der Waals surface area contributed by atoms with Gasteiger partial charge in [0.05, 0.1) is 0 Å². The highest BCUT2D eigenvalue weighted by molar-refractivity contribution is 14.1. The molecule has 0 fully saturated rings. The molecule has 0 saturated carbocycles. The Morgan fingerprint density at radius 2 is 1.81 bits per heavy atom. The molecule has 0 radical (unpaired) electrons. The van der Waals surface area contributed by atoms with Crippen molar-refractivity contribution in [2.24, 2.45) is 5.92 Å². The molecule has 1 aliphatic rings. The first kappa shape index (κ1) is 24.5. The van der Waals surface area contributed by atoms with Crippen LogP contribution in [0.4, 0.5) is 0 Å². The highest BCUT2D eigenvalue weighted by Gasteiger charge is 2.18. The third-order valence-electron chi connectivity index (χ3n) is 6.48. The molecule has 3 rings (SSSR count). The second-order valence-electron chi connectivity index (χ2n) is 8.69. The molecule has 2 aromatic carbocycles. The lowest BCUT2D eigenvalue weighted by atomic mass is 9.82. The molecule has 0 aliphatic heterocycles. The Kier molecular flexibility index (Phi) is 10.1. The maximum atomic E-state index is 2.55. The molecule has 0 N–H and O–H groups in total. The average molecular weight is 545 g/mol. The van der Waals surface area contributed by atoms with E-state index in [9.17, 15) is 0 Å². The van der Waals surface area contributed by atoms with E-state index in [2.05, 4.69) is 115 Å². The van der Waals surface area contributed by atoms with E-state index >= 15 is 0 Å². The lowest BCUT2D eigenvalue weighted by Crippen LogP contribution is -2.04. The summed E-state index contributed by atoms with van der Waals surface area (Å²) in [5, 5.41) is 2.34. The summed E-state index contributed by atoms with van der Waals surface area (Å²) in [4.78, 5) is 1.46. The summed E-state index contributed by atoms with van der Waals surface area (Å²) in [6.45, 7) is 6.87.